The van der Waals surface area contributed by atoms with Crippen LogP contribution in [0.2, 0.25) is 0 Å². The van der Waals surface area contributed by atoms with Gasteiger partial charge in [-0.2, -0.15) is 13.2 Å². The standard InChI is InChI=1S/C17H25F3N4/c1-3-21-16(23-11-14-8-9-24(2)12-14)22-10-13-4-6-15(7-5-13)17(18,19)20/h4-7,14H,3,8-12H2,1-2H3,(H2,21,22,23). The van der Waals surface area contributed by atoms with Gasteiger partial charge in [0, 0.05) is 19.6 Å². The minimum Gasteiger partial charge on any atom is -0.357 e. The number of hydrogen-bond acceptors (Lipinski definition) is 2. The number of nitrogens with one attached hydrogen (secondary N) is 2. The molecule has 0 amide bonds. The van der Waals surface area contributed by atoms with E-state index in [1.807, 2.05) is 6.92 Å². The van der Waals surface area contributed by atoms with Crippen molar-refractivity contribution in [2.45, 2.75) is 26.1 Å². The van der Waals surface area contributed by atoms with E-state index in [1.54, 1.807) is 0 Å². The van der Waals surface area contributed by atoms with E-state index in [4.69, 9.17) is 0 Å². The highest BCUT2D eigenvalue weighted by Crippen LogP contribution is 2.29. The molecular formula is C17H25F3N4. The average Bonchev–Trinajstić information content (AvgIpc) is 2.95. The van der Waals surface area contributed by atoms with Gasteiger partial charge < -0.3 is 15.5 Å². The molecule has 0 spiro atoms. The molecule has 1 heterocycles. The van der Waals surface area contributed by atoms with Crippen molar-refractivity contribution in [3.8, 4) is 0 Å². The van der Waals surface area contributed by atoms with Crippen LogP contribution in [0.3, 0.4) is 0 Å². The van der Waals surface area contributed by atoms with Crippen LogP contribution >= 0.6 is 0 Å². The predicted molar refractivity (Wildman–Crippen MR) is 89.9 cm³/mol. The first-order chi connectivity index (χ1) is 11.4. The van der Waals surface area contributed by atoms with Crippen LogP contribution in [-0.2, 0) is 12.7 Å². The number of guanidine groups is 1. The fourth-order valence-electron chi connectivity index (χ4n) is 2.75. The molecule has 1 saturated heterocycles. The summed E-state index contributed by atoms with van der Waals surface area (Å²) >= 11 is 0. The lowest BCUT2D eigenvalue weighted by Crippen LogP contribution is -2.40. The van der Waals surface area contributed by atoms with Crippen molar-refractivity contribution in [1.29, 1.82) is 0 Å². The highest BCUT2D eigenvalue weighted by atomic mass is 19.4. The Balaban J connectivity index is 1.90. The third-order valence-corrected chi connectivity index (χ3v) is 4.09. The van der Waals surface area contributed by atoms with Crippen LogP contribution in [0.1, 0.15) is 24.5 Å². The molecule has 1 aliphatic rings. The minimum absolute atomic E-state index is 0.345. The van der Waals surface area contributed by atoms with Gasteiger partial charge in [0.1, 0.15) is 0 Å². The summed E-state index contributed by atoms with van der Waals surface area (Å²) < 4.78 is 37.7. The Morgan fingerprint density at radius 3 is 2.50 bits per heavy atom. The normalized spacial score (nSPS) is 19.5. The van der Waals surface area contributed by atoms with Crippen LogP contribution in [0, 0.1) is 5.92 Å². The Kier molecular flexibility index (Phi) is 6.48. The maximum Gasteiger partial charge on any atom is 0.416 e. The maximum atomic E-state index is 12.6. The van der Waals surface area contributed by atoms with E-state index in [0.29, 0.717) is 18.4 Å². The highest BCUT2D eigenvalue weighted by molar-refractivity contribution is 5.79. The number of nitrogens with zero attached hydrogens (tertiary/aromatic N) is 2. The Morgan fingerprint density at radius 1 is 1.25 bits per heavy atom. The number of alkyl halides is 3. The second kappa shape index (κ2) is 8.37. The Labute approximate surface area is 141 Å². The second-order valence-electron chi connectivity index (χ2n) is 6.19. The van der Waals surface area contributed by atoms with E-state index >= 15 is 0 Å². The smallest absolute Gasteiger partial charge is 0.357 e. The number of benzene rings is 1. The fraction of sp³-hybridized carbons (Fsp3) is 0.588. The summed E-state index contributed by atoms with van der Waals surface area (Å²) in [7, 11) is 2.11. The predicted octanol–water partition coefficient (Wildman–Crippen LogP) is 2.71. The van der Waals surface area contributed by atoms with Crippen molar-refractivity contribution in [2.75, 3.05) is 33.2 Å². The Hall–Kier alpha value is -1.76. The summed E-state index contributed by atoms with van der Waals surface area (Å²) in [6.45, 7) is 6.11. The van der Waals surface area contributed by atoms with Gasteiger partial charge in [0.25, 0.3) is 0 Å². The highest BCUT2D eigenvalue weighted by Gasteiger charge is 2.29. The fourth-order valence-corrected chi connectivity index (χ4v) is 2.75. The van der Waals surface area contributed by atoms with E-state index in [9.17, 15) is 13.2 Å². The topological polar surface area (TPSA) is 39.7 Å². The van der Waals surface area contributed by atoms with Crippen LogP contribution in [-0.4, -0.2) is 44.1 Å². The summed E-state index contributed by atoms with van der Waals surface area (Å²) in [6.07, 6.45) is -3.13. The lowest BCUT2D eigenvalue weighted by molar-refractivity contribution is -0.137. The molecule has 24 heavy (non-hydrogen) atoms. The summed E-state index contributed by atoms with van der Waals surface area (Å²) in [5.74, 6) is 1.30. The third kappa shape index (κ3) is 5.70. The van der Waals surface area contributed by atoms with Gasteiger partial charge in [-0.3, -0.25) is 0 Å². The van der Waals surface area contributed by atoms with Crippen LogP contribution in [0.5, 0.6) is 0 Å². The summed E-state index contributed by atoms with van der Waals surface area (Å²) in [6, 6.07) is 5.14. The first-order valence-corrected chi connectivity index (χ1v) is 8.25. The number of hydrogen-bond donors (Lipinski definition) is 2. The molecule has 4 nitrogen and oxygen atoms in total. The molecule has 2 N–H and O–H groups in total. The van der Waals surface area contributed by atoms with Gasteiger partial charge in [0.05, 0.1) is 12.1 Å². The Bertz CT molecular complexity index is 540. The molecule has 1 aliphatic heterocycles. The SMILES string of the molecule is CCNC(=NCc1ccc(C(F)(F)F)cc1)NCC1CCN(C)C1. The van der Waals surface area contributed by atoms with E-state index in [1.165, 1.54) is 18.6 Å². The summed E-state index contributed by atoms with van der Waals surface area (Å²) in [4.78, 5) is 6.76. The number of likely N-dealkylation sites (tertiary alicyclic amines) is 1. The van der Waals surface area contributed by atoms with Crippen LogP contribution < -0.4 is 10.6 Å². The molecule has 1 aromatic rings. The van der Waals surface area contributed by atoms with Gasteiger partial charge in [0.2, 0.25) is 0 Å². The van der Waals surface area contributed by atoms with Crippen molar-refractivity contribution in [3.05, 3.63) is 35.4 Å². The molecular weight excluding hydrogens is 317 g/mol. The quantitative estimate of drug-likeness (QED) is 0.638. The molecule has 7 heteroatoms. The third-order valence-electron chi connectivity index (χ3n) is 4.09. The second-order valence-corrected chi connectivity index (χ2v) is 6.19. The van der Waals surface area contributed by atoms with Crippen LogP contribution in [0.15, 0.2) is 29.3 Å². The van der Waals surface area contributed by atoms with Gasteiger partial charge >= 0.3 is 6.18 Å². The molecule has 0 bridgehead atoms. The molecule has 1 atom stereocenters. The van der Waals surface area contributed by atoms with Gasteiger partial charge in [0.15, 0.2) is 5.96 Å². The molecule has 0 aliphatic carbocycles. The monoisotopic (exact) mass is 342 g/mol. The zero-order chi connectivity index (χ0) is 17.6. The molecule has 134 valence electrons. The van der Waals surface area contributed by atoms with E-state index in [-0.39, 0.29) is 0 Å². The maximum absolute atomic E-state index is 12.6. The Morgan fingerprint density at radius 2 is 1.96 bits per heavy atom. The first-order valence-electron chi connectivity index (χ1n) is 8.25. The number of rotatable bonds is 5. The molecule has 1 fully saturated rings. The first kappa shape index (κ1) is 18.6. The lowest BCUT2D eigenvalue weighted by Gasteiger charge is -2.15. The van der Waals surface area contributed by atoms with Crippen molar-refractivity contribution in [3.63, 3.8) is 0 Å². The van der Waals surface area contributed by atoms with E-state index < -0.39 is 11.7 Å². The van der Waals surface area contributed by atoms with Crippen molar-refractivity contribution in [2.24, 2.45) is 10.9 Å². The van der Waals surface area contributed by atoms with Gasteiger partial charge in [-0.05, 0) is 50.6 Å². The molecule has 0 saturated carbocycles. The van der Waals surface area contributed by atoms with Crippen molar-refractivity contribution < 1.29 is 13.2 Å². The summed E-state index contributed by atoms with van der Waals surface area (Å²) in [5.41, 5.74) is 0.117. The average molecular weight is 342 g/mol. The van der Waals surface area contributed by atoms with Crippen LogP contribution in [0.4, 0.5) is 13.2 Å². The number of halogens is 3. The van der Waals surface area contributed by atoms with Gasteiger partial charge in [-0.1, -0.05) is 12.1 Å². The number of aliphatic imine (C=N–C) groups is 1. The summed E-state index contributed by atoms with van der Waals surface area (Å²) in [5, 5.41) is 6.49. The molecule has 0 radical (unpaired) electrons. The zero-order valence-corrected chi connectivity index (χ0v) is 14.2. The lowest BCUT2D eigenvalue weighted by atomic mass is 10.1. The zero-order valence-electron chi connectivity index (χ0n) is 14.2. The minimum atomic E-state index is -4.30. The van der Waals surface area contributed by atoms with Crippen molar-refractivity contribution in [1.82, 2.24) is 15.5 Å². The largest absolute Gasteiger partial charge is 0.416 e. The molecule has 0 aromatic heterocycles. The van der Waals surface area contributed by atoms with Gasteiger partial charge in [-0.25, -0.2) is 4.99 Å². The molecule has 2 rings (SSSR count). The molecule has 1 aromatic carbocycles. The van der Waals surface area contributed by atoms with Gasteiger partial charge in [-0.15, -0.1) is 0 Å². The van der Waals surface area contributed by atoms with Crippen LogP contribution in [0.25, 0.3) is 0 Å². The molecule has 1 unspecified atom stereocenters. The van der Waals surface area contributed by atoms with Crippen molar-refractivity contribution >= 4 is 5.96 Å². The van der Waals surface area contributed by atoms with E-state index in [2.05, 4.69) is 27.6 Å². The van der Waals surface area contributed by atoms with E-state index in [0.717, 1.165) is 43.9 Å².